The molecule has 1 amide bonds. The highest BCUT2D eigenvalue weighted by Crippen LogP contribution is 2.40. The van der Waals surface area contributed by atoms with Crippen molar-refractivity contribution in [2.24, 2.45) is 0 Å². The summed E-state index contributed by atoms with van der Waals surface area (Å²) >= 11 is 1.29. The molecule has 0 saturated carbocycles. The van der Waals surface area contributed by atoms with E-state index in [0.717, 1.165) is 16.7 Å². The van der Waals surface area contributed by atoms with Gasteiger partial charge in [-0.2, -0.15) is 0 Å². The van der Waals surface area contributed by atoms with Crippen LogP contribution >= 0.6 is 11.3 Å². The van der Waals surface area contributed by atoms with Gasteiger partial charge in [-0.15, -0.1) is 11.3 Å². The Morgan fingerprint density at radius 2 is 1.79 bits per heavy atom. The molecule has 0 bridgehead atoms. The average molecular weight is 464 g/mol. The first kappa shape index (κ1) is 22.6. The number of aryl methyl sites for hydroxylation is 1. The van der Waals surface area contributed by atoms with E-state index in [1.165, 1.54) is 11.3 Å². The van der Waals surface area contributed by atoms with Gasteiger partial charge in [0.1, 0.15) is 0 Å². The largest absolute Gasteiger partial charge is 0.503 e. The van der Waals surface area contributed by atoms with Gasteiger partial charge in [-0.3, -0.25) is 9.59 Å². The van der Waals surface area contributed by atoms with E-state index < -0.39 is 17.7 Å². The van der Waals surface area contributed by atoms with Crippen LogP contribution in [0.25, 0.3) is 0 Å². The zero-order valence-electron chi connectivity index (χ0n) is 18.7. The highest BCUT2D eigenvalue weighted by atomic mass is 32.1. The molecule has 4 rings (SSSR count). The number of ketones is 1. The predicted octanol–water partition coefficient (Wildman–Crippen LogP) is 4.89. The van der Waals surface area contributed by atoms with Crippen molar-refractivity contribution in [1.29, 1.82) is 0 Å². The second-order valence-corrected chi connectivity index (χ2v) is 8.77. The molecule has 2 heterocycles. The number of methoxy groups -OCH3 is 2. The number of nitrogens with zero attached hydrogens (tertiary/aromatic N) is 1. The van der Waals surface area contributed by atoms with Crippen molar-refractivity contribution in [2.45, 2.75) is 19.4 Å². The van der Waals surface area contributed by atoms with Crippen LogP contribution in [0, 0.1) is 6.92 Å². The lowest BCUT2D eigenvalue weighted by Crippen LogP contribution is -2.33. The number of hydrogen-bond acceptors (Lipinski definition) is 6. The lowest BCUT2D eigenvalue weighted by atomic mass is 9.94. The van der Waals surface area contributed by atoms with Crippen molar-refractivity contribution < 1.29 is 24.2 Å². The summed E-state index contributed by atoms with van der Waals surface area (Å²) in [5, 5.41) is 12.6. The van der Waals surface area contributed by atoms with Crippen LogP contribution in [0.3, 0.4) is 0 Å². The van der Waals surface area contributed by atoms with Crippen LogP contribution in [0.15, 0.2) is 71.3 Å². The van der Waals surface area contributed by atoms with Crippen molar-refractivity contribution in [3.8, 4) is 11.5 Å². The van der Waals surface area contributed by atoms with Crippen molar-refractivity contribution in [3.63, 3.8) is 0 Å². The maximum Gasteiger partial charge on any atom is 0.290 e. The Hall–Kier alpha value is -3.58. The van der Waals surface area contributed by atoms with Crippen molar-refractivity contribution in [2.75, 3.05) is 20.8 Å². The molecule has 170 valence electrons. The SMILES string of the molecule is COc1ccc(CCN2C(=O)C(O)=C(C(=O)c3cccs3)[C@@H]2c2ccc(C)cc2)cc1OC. The molecule has 2 aromatic carbocycles. The van der Waals surface area contributed by atoms with Crippen LogP contribution in [0.4, 0.5) is 0 Å². The van der Waals surface area contributed by atoms with E-state index in [-0.39, 0.29) is 11.4 Å². The summed E-state index contributed by atoms with van der Waals surface area (Å²) in [6.45, 7) is 2.29. The molecule has 0 fully saturated rings. The van der Waals surface area contributed by atoms with Crippen LogP contribution in [0.2, 0.25) is 0 Å². The molecule has 1 atom stereocenters. The second-order valence-electron chi connectivity index (χ2n) is 7.82. The topological polar surface area (TPSA) is 76.1 Å². The molecule has 33 heavy (non-hydrogen) atoms. The highest BCUT2D eigenvalue weighted by molar-refractivity contribution is 7.12. The lowest BCUT2D eigenvalue weighted by Gasteiger charge is -2.27. The first-order valence-corrected chi connectivity index (χ1v) is 11.4. The number of ether oxygens (including phenoxy) is 2. The van der Waals surface area contributed by atoms with Gasteiger partial charge in [0.25, 0.3) is 5.91 Å². The van der Waals surface area contributed by atoms with E-state index >= 15 is 0 Å². The zero-order chi connectivity index (χ0) is 23.5. The molecule has 1 N–H and O–H groups in total. The molecule has 0 saturated heterocycles. The van der Waals surface area contributed by atoms with Crippen LogP contribution in [-0.4, -0.2) is 42.5 Å². The quantitative estimate of drug-likeness (QED) is 0.481. The number of aliphatic hydroxyl groups excluding tert-OH is 1. The number of hydrogen-bond donors (Lipinski definition) is 1. The third-order valence-electron chi connectivity index (χ3n) is 5.78. The molecule has 0 spiro atoms. The molecule has 1 aliphatic heterocycles. The number of amides is 1. The van der Waals surface area contributed by atoms with Gasteiger partial charge >= 0.3 is 0 Å². The monoisotopic (exact) mass is 463 g/mol. The number of benzene rings is 2. The van der Waals surface area contributed by atoms with E-state index in [4.69, 9.17) is 9.47 Å². The summed E-state index contributed by atoms with van der Waals surface area (Å²) in [5.41, 5.74) is 2.92. The van der Waals surface area contributed by atoms with Gasteiger partial charge in [0, 0.05) is 6.54 Å². The maximum atomic E-state index is 13.3. The minimum absolute atomic E-state index is 0.124. The fourth-order valence-electron chi connectivity index (χ4n) is 4.04. The molecule has 0 radical (unpaired) electrons. The predicted molar refractivity (Wildman–Crippen MR) is 127 cm³/mol. The Labute approximate surface area is 196 Å². The van der Waals surface area contributed by atoms with Crippen LogP contribution in [0.5, 0.6) is 11.5 Å². The standard InChI is InChI=1S/C26H25NO5S/c1-16-6-9-18(10-7-16)23-22(24(28)21-5-4-14-33-21)25(29)26(30)27(23)13-12-17-8-11-19(31-2)20(15-17)32-3/h4-11,14-15,23,29H,12-13H2,1-3H3/t23-/m0/s1. The number of thiophene rings is 1. The zero-order valence-corrected chi connectivity index (χ0v) is 19.5. The fraction of sp³-hybridized carbons (Fsp3) is 0.231. The molecule has 0 unspecified atom stereocenters. The summed E-state index contributed by atoms with van der Waals surface area (Å²) in [4.78, 5) is 28.4. The van der Waals surface area contributed by atoms with Crippen LogP contribution in [0.1, 0.15) is 32.4 Å². The number of carbonyl (C=O) groups excluding carboxylic acids is 2. The molecule has 6 nitrogen and oxygen atoms in total. The van der Waals surface area contributed by atoms with E-state index in [1.807, 2.05) is 49.4 Å². The van der Waals surface area contributed by atoms with Crippen molar-refractivity contribution >= 4 is 23.0 Å². The molecule has 3 aromatic rings. The van der Waals surface area contributed by atoms with Gasteiger partial charge in [0.05, 0.1) is 30.7 Å². The van der Waals surface area contributed by atoms with Gasteiger partial charge in [-0.1, -0.05) is 42.0 Å². The summed E-state index contributed by atoms with van der Waals surface area (Å²) < 4.78 is 10.7. The first-order chi connectivity index (χ1) is 15.9. The highest BCUT2D eigenvalue weighted by Gasteiger charge is 2.43. The Bertz CT molecular complexity index is 1200. The third kappa shape index (κ3) is 4.36. The van der Waals surface area contributed by atoms with Crippen molar-refractivity contribution in [3.05, 3.63) is 92.9 Å². The Kier molecular flexibility index (Phi) is 6.51. The van der Waals surface area contributed by atoms with Gasteiger partial charge < -0.3 is 19.5 Å². The Morgan fingerprint density at radius 1 is 1.06 bits per heavy atom. The van der Waals surface area contributed by atoms with E-state index in [2.05, 4.69) is 0 Å². The molecule has 1 aliphatic rings. The Morgan fingerprint density at radius 3 is 2.42 bits per heavy atom. The molecular weight excluding hydrogens is 438 g/mol. The summed E-state index contributed by atoms with van der Waals surface area (Å²) in [7, 11) is 3.15. The van der Waals surface area contributed by atoms with Gasteiger partial charge in [-0.25, -0.2) is 0 Å². The fourth-order valence-corrected chi connectivity index (χ4v) is 4.72. The normalized spacial score (nSPS) is 15.8. The smallest absolute Gasteiger partial charge is 0.290 e. The van der Waals surface area contributed by atoms with Gasteiger partial charge in [0.2, 0.25) is 5.78 Å². The number of aliphatic hydroxyl groups is 1. The average Bonchev–Trinajstić information content (AvgIpc) is 3.45. The summed E-state index contributed by atoms with van der Waals surface area (Å²) in [5.74, 6) is -0.117. The molecular formula is C26H25NO5S. The second kappa shape index (κ2) is 9.50. The number of Topliss-reactive ketones (excluding diaryl/α,β-unsaturated/α-hetero) is 1. The van der Waals surface area contributed by atoms with E-state index in [9.17, 15) is 14.7 Å². The minimum Gasteiger partial charge on any atom is -0.503 e. The molecule has 7 heteroatoms. The molecule has 0 aliphatic carbocycles. The van der Waals surface area contributed by atoms with Crippen molar-refractivity contribution in [1.82, 2.24) is 4.90 Å². The number of rotatable bonds is 8. The van der Waals surface area contributed by atoms with Gasteiger partial charge in [-0.05, 0) is 48.1 Å². The maximum absolute atomic E-state index is 13.3. The summed E-state index contributed by atoms with van der Waals surface area (Å²) in [6.07, 6.45) is 0.516. The summed E-state index contributed by atoms with van der Waals surface area (Å²) in [6, 6.07) is 16.1. The van der Waals surface area contributed by atoms with Crippen LogP contribution in [-0.2, 0) is 11.2 Å². The Balaban J connectivity index is 1.67. The van der Waals surface area contributed by atoms with E-state index in [1.54, 1.807) is 36.6 Å². The number of carbonyl (C=O) groups is 2. The first-order valence-electron chi connectivity index (χ1n) is 10.5. The molecule has 1 aromatic heterocycles. The van der Waals surface area contributed by atoms with Crippen LogP contribution < -0.4 is 9.47 Å². The van der Waals surface area contributed by atoms with Gasteiger partial charge in [0.15, 0.2) is 17.3 Å². The van der Waals surface area contributed by atoms with E-state index in [0.29, 0.717) is 29.3 Å². The lowest BCUT2D eigenvalue weighted by molar-refractivity contribution is -0.129. The minimum atomic E-state index is -0.659. The third-order valence-corrected chi connectivity index (χ3v) is 6.64.